The van der Waals surface area contributed by atoms with Crippen molar-refractivity contribution in [3.8, 4) is 0 Å². The third kappa shape index (κ3) is 26.7. The molecule has 1 rings (SSSR count). The molecule has 0 radical (unpaired) electrons. The van der Waals surface area contributed by atoms with Gasteiger partial charge in [0.25, 0.3) is 0 Å². The van der Waals surface area contributed by atoms with E-state index in [1.807, 2.05) is 0 Å². The van der Waals surface area contributed by atoms with Gasteiger partial charge in [-0.1, -0.05) is 194 Å². The molecule has 1 heterocycles. The van der Waals surface area contributed by atoms with Gasteiger partial charge in [-0.05, 0) is 19.3 Å². The van der Waals surface area contributed by atoms with Crippen LogP contribution in [0.25, 0.3) is 0 Å². The minimum absolute atomic E-state index is 0.252. The molecule has 0 saturated carbocycles. The third-order valence-electron chi connectivity index (χ3n) is 10.2. The summed E-state index contributed by atoms with van der Waals surface area (Å²) in [6.45, 7) is 7.38. The smallest absolute Gasteiger partial charge is 0.219 e. The Bertz CT molecular complexity index is 663. The topological polar surface area (TPSA) is 44.7 Å². The average Bonchev–Trinajstić information content (AvgIpc) is 3.47. The van der Waals surface area contributed by atoms with Crippen LogP contribution < -0.4 is 5.32 Å². The third-order valence-corrected chi connectivity index (χ3v) is 10.2. The first kappa shape index (κ1) is 42.0. The van der Waals surface area contributed by atoms with Crippen molar-refractivity contribution >= 4 is 11.7 Å². The lowest BCUT2D eigenvalue weighted by Crippen LogP contribution is -2.33. The van der Waals surface area contributed by atoms with Crippen LogP contribution in [-0.4, -0.2) is 43.3 Å². The lowest BCUT2D eigenvalue weighted by atomic mass is 9.95. The number of carbonyl (C=O) groups is 1. The van der Waals surface area contributed by atoms with E-state index in [1.54, 1.807) is 0 Å². The van der Waals surface area contributed by atoms with Gasteiger partial charge in [0.05, 0.1) is 6.54 Å². The van der Waals surface area contributed by atoms with Gasteiger partial charge in [0.1, 0.15) is 5.84 Å². The molecule has 4 heteroatoms. The Morgan fingerprint density at radius 2 is 0.956 bits per heavy atom. The molecule has 0 bridgehead atoms. The van der Waals surface area contributed by atoms with E-state index in [1.165, 1.54) is 192 Å². The minimum Gasteiger partial charge on any atom is -0.361 e. The number of carbonyl (C=O) groups excluding carboxylic acids is 1. The number of amides is 1. The second kappa shape index (κ2) is 32.9. The molecule has 1 aliphatic heterocycles. The summed E-state index contributed by atoms with van der Waals surface area (Å²) < 4.78 is 0. The van der Waals surface area contributed by atoms with E-state index in [4.69, 9.17) is 4.99 Å². The van der Waals surface area contributed by atoms with Gasteiger partial charge in [-0.15, -0.1) is 0 Å². The van der Waals surface area contributed by atoms with Crippen molar-refractivity contribution in [2.45, 2.75) is 219 Å². The molecule has 0 aromatic carbocycles. The Morgan fingerprint density at radius 3 is 1.33 bits per heavy atom. The number of likely N-dealkylation sites (N-methyl/N-ethyl adjacent to an activating group) is 1. The zero-order valence-corrected chi connectivity index (χ0v) is 31.1. The summed E-state index contributed by atoms with van der Waals surface area (Å²) in [5.41, 5.74) is 0. The number of nitrogens with one attached hydrogen (secondary N) is 1. The molecular weight excluding hydrogens is 550 g/mol. The van der Waals surface area contributed by atoms with Gasteiger partial charge in [-0.3, -0.25) is 9.79 Å². The number of hydrogen-bond acceptors (Lipinski definition) is 3. The SMILES string of the molecule is CCCCCCCCCCCCCCCCCC(=O)NCCC(CCCCCCCCCCCCCCCC)C1=NCCN1C. The molecule has 1 aliphatic rings. The summed E-state index contributed by atoms with van der Waals surface area (Å²) in [4.78, 5) is 19.7. The standard InChI is InChI=1S/C41H81N3O/c1-4-6-8-10-12-14-16-18-20-22-24-26-28-30-32-34-40(45)42-36-35-39(41-43-37-38-44(41)3)33-31-29-27-25-23-21-19-17-15-13-11-9-7-5-2/h39H,4-38H2,1-3H3,(H,42,45). The summed E-state index contributed by atoms with van der Waals surface area (Å²) >= 11 is 0. The Kier molecular flexibility index (Phi) is 30.6. The molecule has 1 N–H and O–H groups in total. The number of nitrogens with zero attached hydrogens (tertiary/aromatic N) is 2. The van der Waals surface area contributed by atoms with Crippen molar-refractivity contribution in [3.63, 3.8) is 0 Å². The highest BCUT2D eigenvalue weighted by Crippen LogP contribution is 2.21. The van der Waals surface area contributed by atoms with E-state index in [9.17, 15) is 4.79 Å². The Hall–Kier alpha value is -1.06. The second-order valence-corrected chi connectivity index (χ2v) is 14.6. The number of hydrogen-bond donors (Lipinski definition) is 1. The number of aliphatic imine (C=N–C) groups is 1. The van der Waals surface area contributed by atoms with Crippen LogP contribution in [-0.2, 0) is 4.79 Å². The van der Waals surface area contributed by atoms with Crippen molar-refractivity contribution in [2.24, 2.45) is 10.9 Å². The minimum atomic E-state index is 0.252. The van der Waals surface area contributed by atoms with Crippen LogP contribution in [0.2, 0.25) is 0 Å². The summed E-state index contributed by atoms with van der Waals surface area (Å²) in [5.74, 6) is 2.05. The van der Waals surface area contributed by atoms with Crippen LogP contribution in [0.5, 0.6) is 0 Å². The van der Waals surface area contributed by atoms with Crippen LogP contribution in [0.4, 0.5) is 0 Å². The molecule has 1 unspecified atom stereocenters. The van der Waals surface area contributed by atoms with E-state index in [2.05, 4.69) is 31.1 Å². The van der Waals surface area contributed by atoms with Crippen LogP contribution in [0.1, 0.15) is 219 Å². The first-order chi connectivity index (χ1) is 22.2. The quantitative estimate of drug-likeness (QED) is 0.0707. The zero-order chi connectivity index (χ0) is 32.5. The lowest BCUT2D eigenvalue weighted by molar-refractivity contribution is -0.121. The largest absolute Gasteiger partial charge is 0.361 e. The van der Waals surface area contributed by atoms with Crippen molar-refractivity contribution in [1.29, 1.82) is 0 Å². The summed E-state index contributed by atoms with van der Waals surface area (Å²) in [7, 11) is 2.19. The molecule has 4 nitrogen and oxygen atoms in total. The van der Waals surface area contributed by atoms with Crippen LogP contribution in [0.15, 0.2) is 4.99 Å². The summed E-state index contributed by atoms with van der Waals surface area (Å²) in [6, 6.07) is 0. The second-order valence-electron chi connectivity index (χ2n) is 14.6. The van der Waals surface area contributed by atoms with E-state index in [0.29, 0.717) is 12.3 Å². The highest BCUT2D eigenvalue weighted by molar-refractivity contribution is 5.86. The fourth-order valence-corrected chi connectivity index (χ4v) is 7.11. The van der Waals surface area contributed by atoms with Crippen molar-refractivity contribution < 1.29 is 4.79 Å². The monoisotopic (exact) mass is 632 g/mol. The highest BCUT2D eigenvalue weighted by atomic mass is 16.1. The molecule has 0 saturated heterocycles. The Labute approximate surface area is 283 Å². The van der Waals surface area contributed by atoms with E-state index >= 15 is 0 Å². The van der Waals surface area contributed by atoms with Gasteiger partial charge in [-0.25, -0.2) is 0 Å². The zero-order valence-electron chi connectivity index (χ0n) is 31.1. The first-order valence-electron chi connectivity index (χ1n) is 20.7. The predicted octanol–water partition coefficient (Wildman–Crippen LogP) is 12.6. The van der Waals surface area contributed by atoms with Crippen LogP contribution in [0, 0.1) is 5.92 Å². The van der Waals surface area contributed by atoms with Gasteiger partial charge in [0, 0.05) is 32.5 Å². The van der Waals surface area contributed by atoms with Gasteiger partial charge >= 0.3 is 0 Å². The van der Waals surface area contributed by atoms with Gasteiger partial charge in [0.15, 0.2) is 0 Å². The van der Waals surface area contributed by atoms with Crippen LogP contribution >= 0.6 is 0 Å². The van der Waals surface area contributed by atoms with Gasteiger partial charge < -0.3 is 10.2 Å². The molecule has 0 aliphatic carbocycles. The van der Waals surface area contributed by atoms with Crippen molar-refractivity contribution in [1.82, 2.24) is 10.2 Å². The maximum Gasteiger partial charge on any atom is 0.219 e. The maximum atomic E-state index is 12.5. The molecule has 0 aromatic rings. The van der Waals surface area contributed by atoms with Gasteiger partial charge in [0.2, 0.25) is 5.91 Å². The normalized spacial score (nSPS) is 13.8. The molecule has 0 spiro atoms. The van der Waals surface area contributed by atoms with E-state index < -0.39 is 0 Å². The number of rotatable bonds is 35. The molecule has 0 aromatic heterocycles. The first-order valence-corrected chi connectivity index (χ1v) is 20.7. The summed E-state index contributed by atoms with van der Waals surface area (Å²) in [6.07, 6.45) is 43.1. The van der Waals surface area contributed by atoms with Crippen molar-refractivity contribution in [3.05, 3.63) is 0 Å². The van der Waals surface area contributed by atoms with E-state index in [-0.39, 0.29) is 5.91 Å². The molecule has 1 atom stereocenters. The predicted molar refractivity (Wildman–Crippen MR) is 201 cm³/mol. The molecule has 1 amide bonds. The average molecular weight is 632 g/mol. The highest BCUT2D eigenvalue weighted by Gasteiger charge is 2.22. The fourth-order valence-electron chi connectivity index (χ4n) is 7.11. The Morgan fingerprint density at radius 1 is 0.578 bits per heavy atom. The van der Waals surface area contributed by atoms with Crippen LogP contribution in [0.3, 0.4) is 0 Å². The number of unbranched alkanes of at least 4 members (excludes halogenated alkanes) is 27. The van der Waals surface area contributed by atoms with E-state index in [0.717, 1.165) is 32.5 Å². The Balaban J connectivity index is 2.00. The molecule has 266 valence electrons. The fraction of sp³-hybridized carbons (Fsp3) is 0.951. The molecular formula is C41H81N3O. The summed E-state index contributed by atoms with van der Waals surface area (Å²) in [5, 5.41) is 3.24. The number of amidine groups is 1. The maximum absolute atomic E-state index is 12.5. The molecule has 0 fully saturated rings. The lowest BCUT2D eigenvalue weighted by Gasteiger charge is -2.23. The molecule has 45 heavy (non-hydrogen) atoms. The van der Waals surface area contributed by atoms with Crippen molar-refractivity contribution in [2.75, 3.05) is 26.7 Å². The van der Waals surface area contributed by atoms with Gasteiger partial charge in [-0.2, -0.15) is 0 Å².